The summed E-state index contributed by atoms with van der Waals surface area (Å²) in [5.41, 5.74) is 5.83. The highest BCUT2D eigenvalue weighted by molar-refractivity contribution is 8.00. The number of hydrogen-bond donors (Lipinski definition) is 1. The second-order valence-corrected chi connectivity index (χ2v) is 8.62. The largest absolute Gasteiger partial charge is 0.323 e. The minimum absolute atomic E-state index is 0.236. The van der Waals surface area contributed by atoms with Gasteiger partial charge in [-0.15, -0.1) is 0 Å². The van der Waals surface area contributed by atoms with Crippen LogP contribution in [0.25, 0.3) is 0 Å². The molecule has 0 aromatic carbocycles. The van der Waals surface area contributed by atoms with Gasteiger partial charge in [-0.1, -0.05) is 0 Å². The minimum atomic E-state index is -3.25. The molecule has 2 N–H and O–H groups in total. The Morgan fingerprint density at radius 3 is 2.83 bits per heavy atom. The first-order valence-electron chi connectivity index (χ1n) is 5.69. The molecule has 2 atom stereocenters. The molecule has 0 bridgehead atoms. The van der Waals surface area contributed by atoms with Gasteiger partial charge < -0.3 is 10.6 Å². The average molecular weight is 312 g/mol. The molecule has 1 aliphatic heterocycles. The van der Waals surface area contributed by atoms with Crippen molar-refractivity contribution in [2.24, 2.45) is 5.73 Å². The van der Waals surface area contributed by atoms with E-state index in [2.05, 4.69) is 0 Å². The highest BCUT2D eigenvalue weighted by Gasteiger charge is 2.35. The molecule has 0 saturated carbocycles. The van der Waals surface area contributed by atoms with E-state index in [-0.39, 0.29) is 5.91 Å². The van der Waals surface area contributed by atoms with Gasteiger partial charge in [0.25, 0.3) is 0 Å². The second-order valence-electron chi connectivity index (χ2n) is 4.28. The van der Waals surface area contributed by atoms with Gasteiger partial charge in [-0.05, 0) is 18.4 Å². The summed E-state index contributed by atoms with van der Waals surface area (Å²) in [4.78, 5) is 13.6. The topological polar surface area (TPSA) is 80.5 Å². The van der Waals surface area contributed by atoms with Crippen molar-refractivity contribution in [2.75, 3.05) is 36.3 Å². The number of carbonyl (C=O) groups is 1. The van der Waals surface area contributed by atoms with Gasteiger partial charge in [0.2, 0.25) is 5.91 Å². The second kappa shape index (κ2) is 7.02. The summed E-state index contributed by atoms with van der Waals surface area (Å²) in [7, 11) is -3.25. The van der Waals surface area contributed by atoms with Crippen molar-refractivity contribution < 1.29 is 13.2 Å². The van der Waals surface area contributed by atoms with Gasteiger partial charge in [0, 0.05) is 24.3 Å². The molecular weight excluding hydrogens is 292 g/mol. The van der Waals surface area contributed by atoms with E-state index in [1.807, 2.05) is 6.26 Å². The predicted molar refractivity (Wildman–Crippen MR) is 78.6 cm³/mol. The van der Waals surface area contributed by atoms with Gasteiger partial charge in [-0.25, -0.2) is 8.42 Å². The monoisotopic (exact) mass is 312 g/mol. The maximum atomic E-state index is 12.2. The summed E-state index contributed by atoms with van der Waals surface area (Å²) >= 11 is 3.19. The Morgan fingerprint density at radius 1 is 1.61 bits per heavy atom. The molecular formula is C10H20N2O3S3. The van der Waals surface area contributed by atoms with E-state index in [4.69, 9.17) is 5.73 Å². The van der Waals surface area contributed by atoms with E-state index in [0.717, 1.165) is 11.5 Å². The molecule has 8 heteroatoms. The standard InChI is InChI=1S/C10H20N2O3S3/c1-16-5-3-8(11)10(13)12-4-6-17-7-9(12)18(2,14)15/h8-9H,3-7,11H2,1-2H3/t8-,9?/m0/s1. The first-order chi connectivity index (χ1) is 8.38. The molecule has 0 aliphatic carbocycles. The molecule has 1 rings (SSSR count). The normalized spacial score (nSPS) is 22.8. The van der Waals surface area contributed by atoms with Crippen molar-refractivity contribution >= 4 is 39.3 Å². The lowest BCUT2D eigenvalue weighted by Gasteiger charge is -2.35. The highest BCUT2D eigenvalue weighted by Crippen LogP contribution is 2.21. The van der Waals surface area contributed by atoms with Crippen LogP contribution in [0.3, 0.4) is 0 Å². The van der Waals surface area contributed by atoms with Crippen molar-refractivity contribution in [1.82, 2.24) is 4.90 Å². The van der Waals surface area contributed by atoms with Crippen LogP contribution in [0.1, 0.15) is 6.42 Å². The van der Waals surface area contributed by atoms with Crippen LogP contribution in [0.2, 0.25) is 0 Å². The molecule has 0 aromatic rings. The molecule has 1 amide bonds. The third-order valence-corrected chi connectivity index (χ3v) is 6.10. The van der Waals surface area contributed by atoms with E-state index in [1.165, 1.54) is 11.2 Å². The predicted octanol–water partition coefficient (Wildman–Crippen LogP) is 0.0129. The highest BCUT2D eigenvalue weighted by atomic mass is 32.2. The summed E-state index contributed by atoms with van der Waals surface area (Å²) in [6.07, 6.45) is 3.71. The minimum Gasteiger partial charge on any atom is -0.323 e. The fourth-order valence-electron chi connectivity index (χ4n) is 1.77. The van der Waals surface area contributed by atoms with Crippen LogP contribution in [0, 0.1) is 0 Å². The number of nitrogens with two attached hydrogens (primary N) is 1. The number of carbonyl (C=O) groups excluding carboxylic acids is 1. The SMILES string of the molecule is CSCC[C@H](N)C(=O)N1CCSCC1S(C)(=O)=O. The lowest BCUT2D eigenvalue weighted by atomic mass is 10.2. The molecule has 5 nitrogen and oxygen atoms in total. The van der Waals surface area contributed by atoms with Crippen molar-refractivity contribution in [1.29, 1.82) is 0 Å². The fraction of sp³-hybridized carbons (Fsp3) is 0.900. The zero-order valence-corrected chi connectivity index (χ0v) is 13.1. The van der Waals surface area contributed by atoms with Crippen LogP contribution in [-0.4, -0.2) is 67.0 Å². The summed E-state index contributed by atoms with van der Waals surface area (Å²) in [6, 6.07) is -0.593. The quantitative estimate of drug-likeness (QED) is 0.770. The van der Waals surface area contributed by atoms with Crippen LogP contribution in [-0.2, 0) is 14.6 Å². The van der Waals surface area contributed by atoms with Gasteiger partial charge >= 0.3 is 0 Å². The third-order valence-electron chi connectivity index (χ3n) is 2.81. The van der Waals surface area contributed by atoms with Gasteiger partial charge in [0.1, 0.15) is 5.37 Å². The van der Waals surface area contributed by atoms with Gasteiger partial charge in [0.05, 0.1) is 6.04 Å². The molecule has 1 aliphatic rings. The Bertz CT molecular complexity index is 386. The maximum Gasteiger partial charge on any atom is 0.240 e. The Morgan fingerprint density at radius 2 is 2.28 bits per heavy atom. The molecule has 106 valence electrons. The van der Waals surface area contributed by atoms with Gasteiger partial charge in [-0.2, -0.15) is 23.5 Å². The van der Waals surface area contributed by atoms with Crippen LogP contribution in [0.15, 0.2) is 0 Å². The Labute approximate surface area is 117 Å². The Hall–Kier alpha value is 0.0800. The zero-order valence-electron chi connectivity index (χ0n) is 10.7. The lowest BCUT2D eigenvalue weighted by molar-refractivity contribution is -0.133. The number of thioether (sulfide) groups is 2. The molecule has 1 heterocycles. The summed E-state index contributed by atoms with van der Waals surface area (Å²) in [5, 5.41) is -0.718. The number of sulfone groups is 1. The molecule has 0 radical (unpaired) electrons. The van der Waals surface area contributed by atoms with Crippen LogP contribution >= 0.6 is 23.5 Å². The first-order valence-corrected chi connectivity index (χ1v) is 10.2. The number of nitrogens with zero attached hydrogens (tertiary/aromatic N) is 1. The zero-order chi connectivity index (χ0) is 13.8. The van der Waals surface area contributed by atoms with Crippen LogP contribution < -0.4 is 5.73 Å². The van der Waals surface area contributed by atoms with E-state index in [1.54, 1.807) is 23.5 Å². The molecule has 1 saturated heterocycles. The average Bonchev–Trinajstić information content (AvgIpc) is 2.34. The summed E-state index contributed by atoms with van der Waals surface area (Å²) < 4.78 is 23.4. The van der Waals surface area contributed by atoms with Crippen LogP contribution in [0.5, 0.6) is 0 Å². The summed E-state index contributed by atoms with van der Waals surface area (Å²) in [5.74, 6) is 1.78. The fourth-order valence-corrected chi connectivity index (χ4v) is 5.08. The number of hydrogen-bond acceptors (Lipinski definition) is 6. The Balaban J connectivity index is 2.74. The number of rotatable bonds is 5. The van der Waals surface area contributed by atoms with Crippen molar-refractivity contribution in [3.05, 3.63) is 0 Å². The Kier molecular flexibility index (Phi) is 6.29. The molecule has 0 aromatic heterocycles. The lowest BCUT2D eigenvalue weighted by Crippen LogP contribution is -2.55. The van der Waals surface area contributed by atoms with Crippen molar-refractivity contribution in [3.63, 3.8) is 0 Å². The smallest absolute Gasteiger partial charge is 0.240 e. The van der Waals surface area contributed by atoms with Crippen molar-refractivity contribution in [3.8, 4) is 0 Å². The summed E-state index contributed by atoms with van der Waals surface area (Å²) in [6.45, 7) is 0.466. The van der Waals surface area contributed by atoms with E-state index >= 15 is 0 Å². The third kappa shape index (κ3) is 4.32. The van der Waals surface area contributed by atoms with E-state index in [9.17, 15) is 13.2 Å². The van der Waals surface area contributed by atoms with E-state index in [0.29, 0.717) is 18.7 Å². The molecule has 1 fully saturated rings. The molecule has 0 spiro atoms. The van der Waals surface area contributed by atoms with E-state index < -0.39 is 21.3 Å². The maximum absolute atomic E-state index is 12.2. The first kappa shape index (κ1) is 16.1. The van der Waals surface area contributed by atoms with Gasteiger partial charge in [-0.3, -0.25) is 4.79 Å². The number of amides is 1. The molecule has 18 heavy (non-hydrogen) atoms. The van der Waals surface area contributed by atoms with Gasteiger partial charge in [0.15, 0.2) is 9.84 Å². The van der Waals surface area contributed by atoms with Crippen molar-refractivity contribution in [2.45, 2.75) is 17.8 Å². The van der Waals surface area contributed by atoms with Crippen LogP contribution in [0.4, 0.5) is 0 Å². The molecule has 1 unspecified atom stereocenters.